The molecular weight excluding hydrogens is 326 g/mol. The molecule has 0 aromatic carbocycles. The van der Waals surface area contributed by atoms with Crippen LogP contribution in [0.2, 0.25) is 0 Å². The Labute approximate surface area is 145 Å². The number of hydrogen-bond donors (Lipinski definition) is 2. The summed E-state index contributed by atoms with van der Waals surface area (Å²) < 4.78 is 28.6. The Morgan fingerprint density at radius 1 is 1.12 bits per heavy atom. The lowest BCUT2D eigenvalue weighted by atomic mass is 9.97. The van der Waals surface area contributed by atoms with Crippen LogP contribution in [0, 0.1) is 11.8 Å². The average molecular weight is 358 g/mol. The Kier molecular flexibility index (Phi) is 5.82. The molecule has 138 valence electrons. The molecule has 1 amide bonds. The van der Waals surface area contributed by atoms with E-state index in [2.05, 4.69) is 17.0 Å². The van der Waals surface area contributed by atoms with Crippen molar-refractivity contribution < 1.29 is 13.2 Å². The Morgan fingerprint density at radius 3 is 2.58 bits per heavy atom. The van der Waals surface area contributed by atoms with E-state index in [-0.39, 0.29) is 17.9 Å². The van der Waals surface area contributed by atoms with Crippen molar-refractivity contribution in [3.63, 3.8) is 0 Å². The molecule has 24 heavy (non-hydrogen) atoms. The highest BCUT2D eigenvalue weighted by Gasteiger charge is 2.37. The third-order valence-electron chi connectivity index (χ3n) is 5.93. The van der Waals surface area contributed by atoms with E-state index in [0.717, 1.165) is 51.6 Å². The predicted octanol–water partition coefficient (Wildman–Crippen LogP) is 1.09. The SMILES string of the molecule is CC1CNCCC1NS(=O)(=O)C1CCCN(C(=O)C2CCCC2)C1. The van der Waals surface area contributed by atoms with Gasteiger partial charge in [-0.15, -0.1) is 0 Å². The molecule has 0 aromatic heterocycles. The van der Waals surface area contributed by atoms with Crippen molar-refractivity contribution in [1.82, 2.24) is 14.9 Å². The van der Waals surface area contributed by atoms with Crippen LogP contribution in [-0.4, -0.2) is 56.7 Å². The van der Waals surface area contributed by atoms with Gasteiger partial charge in [0.1, 0.15) is 0 Å². The van der Waals surface area contributed by atoms with E-state index in [1.165, 1.54) is 0 Å². The molecule has 2 N–H and O–H groups in total. The molecule has 2 saturated heterocycles. The molecule has 0 aromatic rings. The molecule has 3 fully saturated rings. The average Bonchev–Trinajstić information content (AvgIpc) is 3.11. The molecule has 1 saturated carbocycles. The summed E-state index contributed by atoms with van der Waals surface area (Å²) in [6.07, 6.45) is 6.46. The molecule has 3 aliphatic rings. The quantitative estimate of drug-likeness (QED) is 0.789. The number of amides is 1. The van der Waals surface area contributed by atoms with Crippen molar-refractivity contribution >= 4 is 15.9 Å². The summed E-state index contributed by atoms with van der Waals surface area (Å²) >= 11 is 0. The maximum Gasteiger partial charge on any atom is 0.225 e. The molecule has 7 heteroatoms. The number of sulfonamides is 1. The van der Waals surface area contributed by atoms with Crippen LogP contribution < -0.4 is 10.0 Å². The maximum atomic E-state index is 12.8. The molecule has 0 spiro atoms. The second kappa shape index (κ2) is 7.70. The minimum Gasteiger partial charge on any atom is -0.341 e. The molecule has 2 aliphatic heterocycles. The van der Waals surface area contributed by atoms with Gasteiger partial charge in [-0.2, -0.15) is 0 Å². The van der Waals surface area contributed by atoms with Gasteiger partial charge >= 0.3 is 0 Å². The first-order valence-corrected chi connectivity index (χ1v) is 11.0. The van der Waals surface area contributed by atoms with Gasteiger partial charge in [-0.05, 0) is 51.1 Å². The predicted molar refractivity (Wildman–Crippen MR) is 94.1 cm³/mol. The minimum absolute atomic E-state index is 0.0113. The smallest absolute Gasteiger partial charge is 0.225 e. The van der Waals surface area contributed by atoms with Gasteiger partial charge in [-0.3, -0.25) is 4.79 Å². The van der Waals surface area contributed by atoms with Crippen LogP contribution in [0.1, 0.15) is 51.9 Å². The van der Waals surface area contributed by atoms with Crippen molar-refractivity contribution in [2.75, 3.05) is 26.2 Å². The highest BCUT2D eigenvalue weighted by Crippen LogP contribution is 2.28. The van der Waals surface area contributed by atoms with Gasteiger partial charge in [0.2, 0.25) is 15.9 Å². The zero-order valence-corrected chi connectivity index (χ0v) is 15.5. The van der Waals surface area contributed by atoms with E-state index in [1.807, 2.05) is 4.90 Å². The van der Waals surface area contributed by atoms with Crippen LogP contribution in [0.5, 0.6) is 0 Å². The van der Waals surface area contributed by atoms with Gasteiger partial charge in [-0.25, -0.2) is 13.1 Å². The highest BCUT2D eigenvalue weighted by molar-refractivity contribution is 7.90. The molecule has 1 aliphatic carbocycles. The fourth-order valence-corrected chi connectivity index (χ4v) is 6.14. The number of nitrogens with one attached hydrogen (secondary N) is 2. The van der Waals surface area contributed by atoms with Crippen LogP contribution in [0.3, 0.4) is 0 Å². The van der Waals surface area contributed by atoms with Gasteiger partial charge in [0.05, 0.1) is 5.25 Å². The molecule has 6 nitrogen and oxygen atoms in total. The fourth-order valence-electron chi connectivity index (χ4n) is 4.32. The number of hydrogen-bond acceptors (Lipinski definition) is 4. The lowest BCUT2D eigenvalue weighted by Crippen LogP contribution is -2.54. The van der Waals surface area contributed by atoms with Gasteiger partial charge in [0, 0.05) is 25.0 Å². The van der Waals surface area contributed by atoms with Crippen molar-refractivity contribution in [2.45, 2.75) is 63.2 Å². The zero-order chi connectivity index (χ0) is 17.2. The summed E-state index contributed by atoms with van der Waals surface area (Å²) in [5.74, 6) is 0.611. The van der Waals surface area contributed by atoms with Crippen LogP contribution >= 0.6 is 0 Å². The zero-order valence-electron chi connectivity index (χ0n) is 14.7. The maximum absolute atomic E-state index is 12.8. The van der Waals surface area contributed by atoms with Crippen molar-refractivity contribution in [3.8, 4) is 0 Å². The Hall–Kier alpha value is -0.660. The number of piperidine rings is 2. The van der Waals surface area contributed by atoms with Gasteiger partial charge in [0.15, 0.2) is 0 Å². The van der Waals surface area contributed by atoms with Crippen LogP contribution in [0.4, 0.5) is 0 Å². The lowest BCUT2D eigenvalue weighted by Gasteiger charge is -2.36. The van der Waals surface area contributed by atoms with Crippen LogP contribution in [0.25, 0.3) is 0 Å². The van der Waals surface area contributed by atoms with Crippen molar-refractivity contribution in [2.24, 2.45) is 11.8 Å². The van der Waals surface area contributed by atoms with E-state index in [0.29, 0.717) is 25.4 Å². The van der Waals surface area contributed by atoms with Gasteiger partial charge in [-0.1, -0.05) is 19.8 Å². The Balaban J connectivity index is 1.61. The third kappa shape index (κ3) is 4.11. The van der Waals surface area contributed by atoms with Gasteiger partial charge < -0.3 is 10.2 Å². The monoisotopic (exact) mass is 357 g/mol. The Morgan fingerprint density at radius 2 is 1.88 bits per heavy atom. The summed E-state index contributed by atoms with van der Waals surface area (Å²) in [4.78, 5) is 14.4. The summed E-state index contributed by atoms with van der Waals surface area (Å²) in [6, 6.07) is 0.0113. The molecule has 3 unspecified atom stereocenters. The van der Waals surface area contributed by atoms with E-state index in [4.69, 9.17) is 0 Å². The molecular formula is C17H31N3O3S. The molecule has 3 atom stereocenters. The summed E-state index contributed by atoms with van der Waals surface area (Å²) in [5, 5.41) is 2.84. The summed E-state index contributed by atoms with van der Waals surface area (Å²) in [7, 11) is -3.38. The van der Waals surface area contributed by atoms with E-state index in [9.17, 15) is 13.2 Å². The molecule has 3 rings (SSSR count). The van der Waals surface area contributed by atoms with E-state index in [1.54, 1.807) is 0 Å². The van der Waals surface area contributed by atoms with E-state index < -0.39 is 15.3 Å². The number of nitrogens with zero attached hydrogens (tertiary/aromatic N) is 1. The first-order valence-electron chi connectivity index (χ1n) is 9.48. The number of carbonyl (C=O) groups excluding carboxylic acids is 1. The van der Waals surface area contributed by atoms with Crippen LogP contribution in [-0.2, 0) is 14.8 Å². The first kappa shape index (κ1) is 18.1. The van der Waals surface area contributed by atoms with Gasteiger partial charge in [0.25, 0.3) is 0 Å². The Bertz CT molecular complexity index is 545. The van der Waals surface area contributed by atoms with Crippen molar-refractivity contribution in [1.29, 1.82) is 0 Å². The lowest BCUT2D eigenvalue weighted by molar-refractivity contribution is -0.136. The number of likely N-dealkylation sites (tertiary alicyclic amines) is 1. The second-order valence-corrected chi connectivity index (χ2v) is 9.76. The standard InChI is InChI=1S/C17H31N3O3S/c1-13-11-18-9-8-16(13)19-24(22,23)15-7-4-10-20(12-15)17(21)14-5-2-3-6-14/h13-16,18-19H,2-12H2,1H3. The summed E-state index contributed by atoms with van der Waals surface area (Å²) in [5.41, 5.74) is 0. The minimum atomic E-state index is -3.38. The molecule has 0 bridgehead atoms. The van der Waals surface area contributed by atoms with Crippen molar-refractivity contribution in [3.05, 3.63) is 0 Å². The van der Waals surface area contributed by atoms with E-state index >= 15 is 0 Å². The first-order chi connectivity index (χ1) is 11.5. The number of rotatable bonds is 4. The normalized spacial score (nSPS) is 32.9. The molecule has 0 radical (unpaired) electrons. The highest BCUT2D eigenvalue weighted by atomic mass is 32.2. The second-order valence-electron chi connectivity index (χ2n) is 7.77. The number of carbonyl (C=O) groups is 1. The summed E-state index contributed by atoms with van der Waals surface area (Å²) in [6.45, 7) is 4.86. The topological polar surface area (TPSA) is 78.5 Å². The largest absolute Gasteiger partial charge is 0.341 e. The fraction of sp³-hybridized carbons (Fsp3) is 0.941. The molecule has 2 heterocycles. The van der Waals surface area contributed by atoms with Crippen LogP contribution in [0.15, 0.2) is 0 Å². The third-order valence-corrected chi connectivity index (χ3v) is 7.83.